The third-order valence-corrected chi connectivity index (χ3v) is 3.55. The van der Waals surface area contributed by atoms with E-state index in [1.807, 2.05) is 42.5 Å². The highest BCUT2D eigenvalue weighted by Gasteiger charge is 2.14. The van der Waals surface area contributed by atoms with Crippen molar-refractivity contribution in [3.63, 3.8) is 0 Å². The second-order valence-electron chi connectivity index (χ2n) is 3.81. The molecule has 3 nitrogen and oxygen atoms in total. The summed E-state index contributed by atoms with van der Waals surface area (Å²) in [6.07, 6.45) is 5.80. The molecule has 3 rings (SSSR count). The van der Waals surface area contributed by atoms with Crippen LogP contribution in [0.5, 0.6) is 11.5 Å². The van der Waals surface area contributed by atoms with Crippen LogP contribution in [0.1, 0.15) is 11.3 Å². The largest absolute Gasteiger partial charge is 0.454 e. The van der Waals surface area contributed by atoms with Crippen LogP contribution in [-0.2, 0) is 0 Å². The maximum absolute atomic E-state index is 5.37. The van der Waals surface area contributed by atoms with E-state index >= 15 is 0 Å². The number of hydrogen-bond acceptors (Lipinski definition) is 3. The van der Waals surface area contributed by atoms with Crippen molar-refractivity contribution in [3.8, 4) is 11.5 Å². The van der Waals surface area contributed by atoms with E-state index in [0.29, 0.717) is 6.79 Å². The van der Waals surface area contributed by atoms with Crippen molar-refractivity contribution in [2.24, 2.45) is 0 Å². The number of hydrogen-bond donors (Lipinski definition) is 0. The van der Waals surface area contributed by atoms with Crippen molar-refractivity contribution in [1.29, 1.82) is 0 Å². The zero-order valence-corrected chi connectivity index (χ0v) is 11.6. The van der Waals surface area contributed by atoms with Gasteiger partial charge >= 0.3 is 0 Å². The average Bonchev–Trinajstić information content (AvgIpc) is 2.84. The molecule has 0 saturated heterocycles. The molecule has 2 aromatic rings. The van der Waals surface area contributed by atoms with Crippen LogP contribution in [0, 0.1) is 3.57 Å². The van der Waals surface area contributed by atoms with Crippen LogP contribution in [-0.4, -0.2) is 11.8 Å². The van der Waals surface area contributed by atoms with E-state index in [1.54, 1.807) is 6.20 Å². The minimum absolute atomic E-state index is 0.304. The molecule has 0 N–H and O–H groups in total. The first-order valence-electron chi connectivity index (χ1n) is 5.51. The Bertz CT molecular complexity index is 596. The molecule has 0 atom stereocenters. The summed E-state index contributed by atoms with van der Waals surface area (Å²) >= 11 is 2.29. The lowest BCUT2D eigenvalue weighted by Crippen LogP contribution is -1.92. The average molecular weight is 351 g/mol. The van der Waals surface area contributed by atoms with Gasteiger partial charge in [-0.15, -0.1) is 0 Å². The first-order chi connectivity index (χ1) is 8.83. The maximum atomic E-state index is 5.37. The van der Waals surface area contributed by atoms with Gasteiger partial charge in [-0.2, -0.15) is 0 Å². The molecule has 4 heteroatoms. The van der Waals surface area contributed by atoms with Gasteiger partial charge in [0, 0.05) is 9.77 Å². The lowest BCUT2D eigenvalue weighted by molar-refractivity contribution is 0.174. The van der Waals surface area contributed by atoms with Crippen LogP contribution in [0.25, 0.3) is 12.2 Å². The molecule has 1 aliphatic rings. The highest BCUT2D eigenvalue weighted by Crippen LogP contribution is 2.35. The third kappa shape index (κ3) is 2.33. The summed E-state index contributed by atoms with van der Waals surface area (Å²) in [5.74, 6) is 1.62. The highest BCUT2D eigenvalue weighted by atomic mass is 127. The summed E-state index contributed by atoms with van der Waals surface area (Å²) in [6.45, 7) is 0.304. The van der Waals surface area contributed by atoms with Crippen molar-refractivity contribution in [2.75, 3.05) is 6.79 Å². The van der Waals surface area contributed by atoms with Gasteiger partial charge in [0.05, 0.1) is 5.69 Å². The quantitative estimate of drug-likeness (QED) is 0.775. The van der Waals surface area contributed by atoms with E-state index in [2.05, 4.69) is 27.6 Å². The van der Waals surface area contributed by atoms with Crippen LogP contribution < -0.4 is 9.47 Å². The summed E-state index contributed by atoms with van der Waals surface area (Å²) in [5, 5.41) is 0. The molecule has 1 aliphatic heterocycles. The van der Waals surface area contributed by atoms with Gasteiger partial charge < -0.3 is 9.47 Å². The Balaban J connectivity index is 1.91. The molecule has 0 radical (unpaired) electrons. The van der Waals surface area contributed by atoms with Gasteiger partial charge in [0.1, 0.15) is 0 Å². The van der Waals surface area contributed by atoms with Gasteiger partial charge in [-0.1, -0.05) is 12.1 Å². The molecule has 1 aromatic heterocycles. The number of ether oxygens (including phenoxy) is 2. The monoisotopic (exact) mass is 351 g/mol. The Labute approximate surface area is 119 Å². The summed E-state index contributed by atoms with van der Waals surface area (Å²) in [7, 11) is 0. The zero-order chi connectivity index (χ0) is 12.4. The lowest BCUT2D eigenvalue weighted by atomic mass is 10.1. The van der Waals surface area contributed by atoms with Crippen molar-refractivity contribution in [2.45, 2.75) is 0 Å². The Kier molecular flexibility index (Phi) is 3.19. The van der Waals surface area contributed by atoms with E-state index in [9.17, 15) is 0 Å². The molecular weight excluding hydrogens is 341 g/mol. The van der Waals surface area contributed by atoms with Gasteiger partial charge in [-0.05, 0) is 58.5 Å². The first kappa shape index (κ1) is 11.5. The topological polar surface area (TPSA) is 31.4 Å². The number of rotatable bonds is 2. The minimum Gasteiger partial charge on any atom is -0.454 e. The SMILES string of the molecule is Ic1cc2c(cc1/C=C/c1ccccn1)OCO2. The number of halogens is 1. The van der Waals surface area contributed by atoms with Crippen molar-refractivity contribution in [3.05, 3.63) is 51.4 Å². The standard InChI is InChI=1S/C14H10INO2/c15-12-8-14-13(17-9-18-14)7-10(12)4-5-11-3-1-2-6-16-11/h1-8H,9H2/b5-4+. The molecule has 0 unspecified atom stereocenters. The number of nitrogens with zero attached hydrogens (tertiary/aromatic N) is 1. The molecular formula is C14H10INO2. The highest BCUT2D eigenvalue weighted by molar-refractivity contribution is 14.1. The van der Waals surface area contributed by atoms with Crippen molar-refractivity contribution in [1.82, 2.24) is 4.98 Å². The van der Waals surface area contributed by atoms with E-state index in [-0.39, 0.29) is 0 Å². The Morgan fingerprint density at radius 1 is 1.11 bits per heavy atom. The third-order valence-electron chi connectivity index (χ3n) is 2.61. The van der Waals surface area contributed by atoms with Crippen LogP contribution >= 0.6 is 22.6 Å². The summed E-state index contributed by atoms with van der Waals surface area (Å²) < 4.78 is 11.8. The molecule has 0 bridgehead atoms. The van der Waals surface area contributed by atoms with Gasteiger partial charge in [0.25, 0.3) is 0 Å². The Morgan fingerprint density at radius 3 is 2.72 bits per heavy atom. The zero-order valence-electron chi connectivity index (χ0n) is 9.47. The molecule has 1 aromatic carbocycles. The molecule has 90 valence electrons. The first-order valence-corrected chi connectivity index (χ1v) is 6.59. The van der Waals surface area contributed by atoms with Crippen LogP contribution in [0.15, 0.2) is 36.5 Å². The van der Waals surface area contributed by atoms with Crippen LogP contribution in [0.3, 0.4) is 0 Å². The normalized spacial score (nSPS) is 13.2. The lowest BCUT2D eigenvalue weighted by Gasteiger charge is -2.01. The fraction of sp³-hybridized carbons (Fsp3) is 0.0714. The van der Waals surface area contributed by atoms with E-state index in [4.69, 9.17) is 9.47 Å². The second kappa shape index (κ2) is 4.97. The number of benzene rings is 1. The fourth-order valence-corrected chi connectivity index (χ4v) is 2.33. The molecule has 0 fully saturated rings. The van der Waals surface area contributed by atoms with E-state index < -0.39 is 0 Å². The fourth-order valence-electron chi connectivity index (χ4n) is 1.71. The summed E-state index contributed by atoms with van der Waals surface area (Å²) in [6, 6.07) is 9.82. The second-order valence-corrected chi connectivity index (χ2v) is 4.98. The van der Waals surface area contributed by atoms with Gasteiger partial charge in [0.2, 0.25) is 6.79 Å². The van der Waals surface area contributed by atoms with Gasteiger partial charge in [-0.3, -0.25) is 4.98 Å². The summed E-state index contributed by atoms with van der Waals surface area (Å²) in [5.41, 5.74) is 2.04. The Morgan fingerprint density at radius 2 is 1.94 bits per heavy atom. The van der Waals surface area contributed by atoms with Gasteiger partial charge in [-0.25, -0.2) is 0 Å². The summed E-state index contributed by atoms with van der Waals surface area (Å²) in [4.78, 5) is 4.25. The van der Waals surface area contributed by atoms with Crippen molar-refractivity contribution >= 4 is 34.7 Å². The number of aromatic nitrogens is 1. The van der Waals surface area contributed by atoms with E-state index in [1.165, 1.54) is 0 Å². The maximum Gasteiger partial charge on any atom is 0.231 e. The predicted octanol–water partition coefficient (Wildman–Crippen LogP) is 3.59. The molecule has 18 heavy (non-hydrogen) atoms. The predicted molar refractivity (Wildman–Crippen MR) is 78.4 cm³/mol. The van der Waals surface area contributed by atoms with Gasteiger partial charge in [0.15, 0.2) is 11.5 Å². The molecule has 0 amide bonds. The minimum atomic E-state index is 0.304. The van der Waals surface area contributed by atoms with Crippen LogP contribution in [0.4, 0.5) is 0 Å². The Hall–Kier alpha value is -1.56. The number of fused-ring (bicyclic) bond motifs is 1. The van der Waals surface area contributed by atoms with Crippen LogP contribution in [0.2, 0.25) is 0 Å². The molecule has 0 aliphatic carbocycles. The number of pyridine rings is 1. The molecule has 0 saturated carbocycles. The molecule has 0 spiro atoms. The molecule has 2 heterocycles. The van der Waals surface area contributed by atoms with Crippen molar-refractivity contribution < 1.29 is 9.47 Å². The smallest absolute Gasteiger partial charge is 0.231 e. The van der Waals surface area contributed by atoms with E-state index in [0.717, 1.165) is 26.3 Å².